The summed E-state index contributed by atoms with van der Waals surface area (Å²) in [6.07, 6.45) is 3.81. The highest BCUT2D eigenvalue weighted by molar-refractivity contribution is 8.26. The molecule has 0 saturated carbocycles. The van der Waals surface area contributed by atoms with Crippen LogP contribution in [0, 0.1) is 6.92 Å². The Bertz CT molecular complexity index is 1340. The molecule has 0 spiro atoms. The van der Waals surface area contributed by atoms with Gasteiger partial charge in [-0.15, -0.1) is 0 Å². The molecule has 3 aromatic rings. The molecule has 1 aromatic carbocycles. The van der Waals surface area contributed by atoms with Crippen molar-refractivity contribution in [2.45, 2.75) is 13.3 Å². The zero-order chi connectivity index (χ0) is 24.2. The van der Waals surface area contributed by atoms with Gasteiger partial charge in [-0.1, -0.05) is 42.2 Å². The molecule has 1 amide bonds. The fraction of sp³-hybridized carbons (Fsp3) is 0.250. The molecule has 176 valence electrons. The summed E-state index contributed by atoms with van der Waals surface area (Å²) in [6.45, 7) is 2.39. The normalized spacial score (nSPS) is 14.9. The largest absolute Gasteiger partial charge is 0.497 e. The second-order valence-electron chi connectivity index (χ2n) is 7.65. The third kappa shape index (κ3) is 4.84. The minimum atomic E-state index is -0.308. The first-order chi connectivity index (χ1) is 16.4. The second-order valence-corrected chi connectivity index (χ2v) is 9.32. The van der Waals surface area contributed by atoms with Crippen molar-refractivity contribution >= 4 is 51.7 Å². The van der Waals surface area contributed by atoms with Crippen molar-refractivity contribution in [2.24, 2.45) is 0 Å². The molecule has 0 bridgehead atoms. The van der Waals surface area contributed by atoms with E-state index >= 15 is 0 Å². The number of anilines is 1. The molecule has 1 saturated heterocycles. The SMILES string of the molecule is COc1ccc(CCN2C(=O)C(=Cc3c(NCCO)nc4c(C)cccn4c3=O)SC2=S)cc1. The number of hydrogen-bond acceptors (Lipinski definition) is 8. The van der Waals surface area contributed by atoms with Crippen LogP contribution in [0.25, 0.3) is 11.7 Å². The summed E-state index contributed by atoms with van der Waals surface area (Å²) in [5.74, 6) is 0.843. The summed E-state index contributed by atoms with van der Waals surface area (Å²) in [4.78, 5) is 32.9. The first-order valence-corrected chi connectivity index (χ1v) is 11.9. The van der Waals surface area contributed by atoms with Crippen LogP contribution in [0.2, 0.25) is 0 Å². The molecule has 4 rings (SSSR count). The third-order valence-corrected chi connectivity index (χ3v) is 6.80. The number of aromatic nitrogens is 2. The van der Waals surface area contributed by atoms with Crippen LogP contribution in [0.1, 0.15) is 16.7 Å². The minimum absolute atomic E-state index is 0.123. The van der Waals surface area contributed by atoms with Gasteiger partial charge in [0.2, 0.25) is 0 Å². The molecule has 0 atom stereocenters. The molecule has 10 heteroatoms. The minimum Gasteiger partial charge on any atom is -0.497 e. The lowest BCUT2D eigenvalue weighted by molar-refractivity contribution is -0.122. The Morgan fingerprint density at radius 2 is 2.00 bits per heavy atom. The Hall–Kier alpha value is -3.21. The maximum absolute atomic E-state index is 13.3. The van der Waals surface area contributed by atoms with Crippen LogP contribution in [0.5, 0.6) is 5.75 Å². The van der Waals surface area contributed by atoms with E-state index in [0.717, 1.165) is 28.6 Å². The van der Waals surface area contributed by atoms with E-state index in [4.69, 9.17) is 17.0 Å². The van der Waals surface area contributed by atoms with E-state index in [9.17, 15) is 14.7 Å². The number of pyridine rings is 1. The van der Waals surface area contributed by atoms with Gasteiger partial charge in [-0.3, -0.25) is 18.9 Å². The Kier molecular flexibility index (Phi) is 7.30. The Balaban J connectivity index is 1.63. The number of rotatable bonds is 8. The number of aliphatic hydroxyl groups is 1. The zero-order valence-electron chi connectivity index (χ0n) is 18.8. The van der Waals surface area contributed by atoms with Gasteiger partial charge in [-0.2, -0.15) is 0 Å². The molecule has 3 heterocycles. The summed E-state index contributed by atoms with van der Waals surface area (Å²) >= 11 is 6.62. The summed E-state index contributed by atoms with van der Waals surface area (Å²) in [5.41, 5.74) is 2.34. The van der Waals surface area contributed by atoms with Crippen LogP contribution in [-0.2, 0) is 11.2 Å². The van der Waals surface area contributed by atoms with Crippen LogP contribution in [-0.4, -0.2) is 56.4 Å². The summed E-state index contributed by atoms with van der Waals surface area (Å²) in [7, 11) is 1.62. The molecule has 2 aromatic heterocycles. The third-order valence-electron chi connectivity index (χ3n) is 5.42. The number of carbonyl (C=O) groups is 1. The molecule has 2 N–H and O–H groups in total. The Morgan fingerprint density at radius 3 is 2.71 bits per heavy atom. The number of thiocarbonyl (C=S) groups is 1. The van der Waals surface area contributed by atoms with Crippen LogP contribution in [0.3, 0.4) is 0 Å². The number of amides is 1. The first kappa shape index (κ1) is 23.9. The van der Waals surface area contributed by atoms with Crippen molar-refractivity contribution in [3.05, 3.63) is 74.5 Å². The number of carbonyl (C=O) groups excluding carboxylic acids is 1. The number of thioether (sulfide) groups is 1. The maximum atomic E-state index is 13.3. The van der Waals surface area contributed by atoms with Gasteiger partial charge >= 0.3 is 0 Å². The van der Waals surface area contributed by atoms with Crippen molar-refractivity contribution < 1.29 is 14.6 Å². The van der Waals surface area contributed by atoms with Crippen LogP contribution in [0.4, 0.5) is 5.82 Å². The zero-order valence-corrected chi connectivity index (χ0v) is 20.4. The lowest BCUT2D eigenvalue weighted by Crippen LogP contribution is -2.30. The summed E-state index contributed by atoms with van der Waals surface area (Å²) in [6, 6.07) is 11.3. The quantitative estimate of drug-likeness (QED) is 0.363. The molecule has 1 aliphatic rings. The molecule has 0 aliphatic carbocycles. The fourth-order valence-electron chi connectivity index (χ4n) is 3.61. The van der Waals surface area contributed by atoms with E-state index in [1.165, 1.54) is 10.5 Å². The highest BCUT2D eigenvalue weighted by Crippen LogP contribution is 2.33. The molecule has 1 aliphatic heterocycles. The topological polar surface area (TPSA) is 96.2 Å². The molecular weight excluding hydrogens is 472 g/mol. The smallest absolute Gasteiger partial charge is 0.267 e. The molecule has 1 fully saturated rings. The monoisotopic (exact) mass is 496 g/mol. The van der Waals surface area contributed by atoms with Crippen molar-refractivity contribution in [2.75, 3.05) is 32.1 Å². The molecule has 0 radical (unpaired) electrons. The van der Waals surface area contributed by atoms with Gasteiger partial charge in [0.05, 0.1) is 24.2 Å². The van der Waals surface area contributed by atoms with Crippen molar-refractivity contribution in [1.29, 1.82) is 0 Å². The number of nitrogens with one attached hydrogen (secondary N) is 1. The number of aryl methyl sites for hydroxylation is 1. The number of fused-ring (bicyclic) bond motifs is 1. The second kappa shape index (κ2) is 10.4. The number of aliphatic hydroxyl groups excluding tert-OH is 1. The van der Waals surface area contributed by atoms with Gasteiger partial charge in [-0.25, -0.2) is 4.98 Å². The van der Waals surface area contributed by atoms with Gasteiger partial charge in [0.15, 0.2) is 0 Å². The van der Waals surface area contributed by atoms with Crippen LogP contribution >= 0.6 is 24.0 Å². The number of methoxy groups -OCH3 is 1. The predicted octanol–water partition coefficient (Wildman–Crippen LogP) is 2.86. The first-order valence-electron chi connectivity index (χ1n) is 10.7. The Morgan fingerprint density at radius 1 is 1.24 bits per heavy atom. The van der Waals surface area contributed by atoms with Gasteiger partial charge in [0, 0.05) is 19.3 Å². The summed E-state index contributed by atoms with van der Waals surface area (Å²) in [5, 5.41) is 12.2. The van der Waals surface area contributed by atoms with E-state index < -0.39 is 0 Å². The highest BCUT2D eigenvalue weighted by atomic mass is 32.2. The molecular formula is C24H24N4O4S2. The van der Waals surface area contributed by atoms with Gasteiger partial charge in [0.25, 0.3) is 11.5 Å². The van der Waals surface area contributed by atoms with Gasteiger partial charge in [-0.05, 0) is 48.7 Å². The average molecular weight is 497 g/mol. The fourth-order valence-corrected chi connectivity index (χ4v) is 4.90. The molecule has 0 unspecified atom stereocenters. The van der Waals surface area contributed by atoms with E-state index in [1.807, 2.05) is 37.3 Å². The predicted molar refractivity (Wildman–Crippen MR) is 138 cm³/mol. The maximum Gasteiger partial charge on any atom is 0.267 e. The van der Waals surface area contributed by atoms with E-state index in [2.05, 4.69) is 10.3 Å². The molecule has 8 nitrogen and oxygen atoms in total. The van der Waals surface area contributed by atoms with Crippen molar-refractivity contribution in [1.82, 2.24) is 14.3 Å². The van der Waals surface area contributed by atoms with Gasteiger partial charge < -0.3 is 15.2 Å². The lowest BCUT2D eigenvalue weighted by atomic mass is 10.1. The summed E-state index contributed by atoms with van der Waals surface area (Å²) < 4.78 is 7.08. The average Bonchev–Trinajstić information content (AvgIpc) is 3.11. The van der Waals surface area contributed by atoms with Crippen molar-refractivity contribution in [3.8, 4) is 5.75 Å². The Labute approximate surface area is 206 Å². The molecule has 34 heavy (non-hydrogen) atoms. The highest BCUT2D eigenvalue weighted by Gasteiger charge is 2.32. The number of nitrogens with zero attached hydrogens (tertiary/aromatic N) is 3. The number of benzene rings is 1. The van der Waals surface area contributed by atoms with Crippen LogP contribution < -0.4 is 15.6 Å². The lowest BCUT2D eigenvalue weighted by Gasteiger charge is -2.14. The standard InChI is InChI=1S/C24H24N4O4S2/c1-15-4-3-11-27-21(15)26-20(25-10-13-29)18(22(27)30)14-19-23(31)28(24(33)34-19)12-9-16-5-7-17(32-2)8-6-16/h3-8,11,14,25,29H,9-10,12-13H2,1-2H3. The van der Waals surface area contributed by atoms with Crippen LogP contribution in [0.15, 0.2) is 52.3 Å². The van der Waals surface area contributed by atoms with E-state index in [1.54, 1.807) is 24.3 Å². The van der Waals surface area contributed by atoms with E-state index in [-0.39, 0.29) is 30.2 Å². The van der Waals surface area contributed by atoms with Gasteiger partial charge in [0.1, 0.15) is 21.5 Å². The number of hydrogen-bond donors (Lipinski definition) is 2. The number of ether oxygens (including phenoxy) is 1. The van der Waals surface area contributed by atoms with Crippen molar-refractivity contribution in [3.63, 3.8) is 0 Å². The van der Waals surface area contributed by atoms with E-state index in [0.29, 0.717) is 33.7 Å².